The van der Waals surface area contributed by atoms with Crippen molar-refractivity contribution in [1.29, 1.82) is 0 Å². The maximum atomic E-state index is 12.8. The fraction of sp³-hybridized carbons (Fsp3) is 0.455. The number of para-hydroxylation sites is 1. The van der Waals surface area contributed by atoms with Crippen LogP contribution in [0.25, 0.3) is 0 Å². The summed E-state index contributed by atoms with van der Waals surface area (Å²) >= 11 is 1.59. The zero-order valence-corrected chi connectivity index (χ0v) is 18.0. The number of amides is 2. The molecule has 6 heteroatoms. The highest BCUT2D eigenvalue weighted by Gasteiger charge is 2.25. The molecule has 1 aliphatic rings. The SMILES string of the molecule is CCc1cc(C(=O)N2CCN(CC(=O)Nc3c(C)cccc3C)CC2)sc1C. The van der Waals surface area contributed by atoms with Crippen LogP contribution in [0.1, 0.15) is 38.2 Å². The Bertz CT molecular complexity index is 846. The number of thiophene rings is 1. The van der Waals surface area contributed by atoms with E-state index in [-0.39, 0.29) is 11.8 Å². The fourth-order valence-electron chi connectivity index (χ4n) is 3.63. The van der Waals surface area contributed by atoms with Gasteiger partial charge in [0.25, 0.3) is 5.91 Å². The molecule has 1 fully saturated rings. The van der Waals surface area contributed by atoms with Gasteiger partial charge in [-0.15, -0.1) is 11.3 Å². The minimum absolute atomic E-state index is 0.00125. The smallest absolute Gasteiger partial charge is 0.264 e. The van der Waals surface area contributed by atoms with Crippen molar-refractivity contribution in [2.75, 3.05) is 38.0 Å². The van der Waals surface area contributed by atoms with Gasteiger partial charge >= 0.3 is 0 Å². The summed E-state index contributed by atoms with van der Waals surface area (Å²) in [6, 6.07) is 8.04. The van der Waals surface area contributed by atoms with E-state index in [1.807, 2.05) is 43.0 Å². The fourth-order valence-corrected chi connectivity index (χ4v) is 4.72. The van der Waals surface area contributed by atoms with Gasteiger partial charge in [0.2, 0.25) is 5.91 Å². The Balaban J connectivity index is 1.52. The van der Waals surface area contributed by atoms with E-state index in [4.69, 9.17) is 0 Å². The number of piperazine rings is 1. The molecule has 1 aromatic carbocycles. The Morgan fingerprint density at radius 1 is 1.07 bits per heavy atom. The third kappa shape index (κ3) is 4.62. The van der Waals surface area contributed by atoms with E-state index >= 15 is 0 Å². The molecule has 150 valence electrons. The summed E-state index contributed by atoms with van der Waals surface area (Å²) in [6.07, 6.45) is 0.957. The summed E-state index contributed by atoms with van der Waals surface area (Å²) in [4.78, 5) is 31.3. The van der Waals surface area contributed by atoms with Gasteiger partial charge in [0.1, 0.15) is 0 Å². The van der Waals surface area contributed by atoms with Crippen LogP contribution in [0.15, 0.2) is 24.3 Å². The summed E-state index contributed by atoms with van der Waals surface area (Å²) in [5.74, 6) is 0.117. The van der Waals surface area contributed by atoms with E-state index < -0.39 is 0 Å². The molecule has 1 N–H and O–H groups in total. The van der Waals surface area contributed by atoms with Crippen LogP contribution < -0.4 is 5.32 Å². The van der Waals surface area contributed by atoms with Crippen molar-refractivity contribution in [3.8, 4) is 0 Å². The molecular weight excluding hydrogens is 370 g/mol. The van der Waals surface area contributed by atoms with E-state index in [2.05, 4.69) is 24.1 Å². The normalized spacial score (nSPS) is 14.9. The van der Waals surface area contributed by atoms with Gasteiger partial charge in [0.05, 0.1) is 11.4 Å². The molecule has 0 unspecified atom stereocenters. The average molecular weight is 400 g/mol. The van der Waals surface area contributed by atoms with Gasteiger partial charge in [-0.25, -0.2) is 0 Å². The van der Waals surface area contributed by atoms with Crippen LogP contribution in [-0.4, -0.2) is 54.3 Å². The predicted molar refractivity (Wildman–Crippen MR) is 115 cm³/mol. The lowest BCUT2D eigenvalue weighted by atomic mass is 10.1. The Morgan fingerprint density at radius 3 is 2.29 bits per heavy atom. The average Bonchev–Trinajstić information content (AvgIpc) is 3.05. The Hall–Kier alpha value is -2.18. The first-order valence-electron chi connectivity index (χ1n) is 9.86. The highest BCUT2D eigenvalue weighted by atomic mass is 32.1. The highest BCUT2D eigenvalue weighted by molar-refractivity contribution is 7.14. The van der Waals surface area contributed by atoms with Gasteiger partial charge < -0.3 is 10.2 Å². The summed E-state index contributed by atoms with van der Waals surface area (Å²) in [5, 5.41) is 3.04. The number of hydrogen-bond acceptors (Lipinski definition) is 4. The minimum Gasteiger partial charge on any atom is -0.335 e. The number of carbonyl (C=O) groups excluding carboxylic acids is 2. The van der Waals surface area contributed by atoms with Crippen molar-refractivity contribution in [1.82, 2.24) is 9.80 Å². The van der Waals surface area contributed by atoms with Crippen molar-refractivity contribution < 1.29 is 9.59 Å². The number of hydrogen-bond donors (Lipinski definition) is 1. The van der Waals surface area contributed by atoms with Crippen molar-refractivity contribution in [2.45, 2.75) is 34.1 Å². The molecule has 0 radical (unpaired) electrons. The van der Waals surface area contributed by atoms with Gasteiger partial charge in [-0.2, -0.15) is 0 Å². The predicted octanol–water partition coefficient (Wildman–Crippen LogP) is 3.63. The molecule has 0 aliphatic carbocycles. The van der Waals surface area contributed by atoms with E-state index in [9.17, 15) is 9.59 Å². The monoisotopic (exact) mass is 399 g/mol. The molecule has 0 spiro atoms. The van der Waals surface area contributed by atoms with Crippen molar-refractivity contribution in [3.63, 3.8) is 0 Å². The van der Waals surface area contributed by atoms with Crippen molar-refractivity contribution in [2.24, 2.45) is 0 Å². The molecule has 3 rings (SSSR count). The van der Waals surface area contributed by atoms with Crippen LogP contribution in [0.2, 0.25) is 0 Å². The number of rotatable bonds is 5. The molecular formula is C22H29N3O2S. The quantitative estimate of drug-likeness (QED) is 0.835. The van der Waals surface area contributed by atoms with Gasteiger partial charge in [-0.05, 0) is 49.9 Å². The Morgan fingerprint density at radius 2 is 1.71 bits per heavy atom. The third-order valence-corrected chi connectivity index (χ3v) is 6.47. The van der Waals surface area contributed by atoms with Crippen molar-refractivity contribution in [3.05, 3.63) is 50.7 Å². The minimum atomic E-state index is -0.00125. The largest absolute Gasteiger partial charge is 0.335 e. The van der Waals surface area contributed by atoms with E-state index in [0.29, 0.717) is 19.6 Å². The maximum Gasteiger partial charge on any atom is 0.264 e. The van der Waals surface area contributed by atoms with Crippen LogP contribution in [0, 0.1) is 20.8 Å². The molecule has 1 aromatic heterocycles. The van der Waals surface area contributed by atoms with E-state index in [0.717, 1.165) is 41.2 Å². The Labute approximate surface area is 171 Å². The van der Waals surface area contributed by atoms with Crippen LogP contribution >= 0.6 is 11.3 Å². The first-order valence-corrected chi connectivity index (χ1v) is 10.7. The second-order valence-electron chi connectivity index (χ2n) is 7.43. The molecule has 2 heterocycles. The van der Waals surface area contributed by atoms with E-state index in [1.54, 1.807) is 11.3 Å². The number of nitrogens with zero attached hydrogens (tertiary/aromatic N) is 2. The summed E-state index contributed by atoms with van der Waals surface area (Å²) < 4.78 is 0. The molecule has 2 amide bonds. The first-order chi connectivity index (χ1) is 13.4. The standard InChI is InChI=1S/C22H29N3O2S/c1-5-18-13-19(28-17(18)4)22(27)25-11-9-24(10-12-25)14-20(26)23-21-15(2)7-6-8-16(21)3/h6-8,13H,5,9-12,14H2,1-4H3,(H,23,26). The summed E-state index contributed by atoms with van der Waals surface area (Å²) in [6.45, 7) is 11.3. The van der Waals surface area contributed by atoms with Crippen LogP contribution in [0.3, 0.4) is 0 Å². The molecule has 0 saturated carbocycles. The number of benzene rings is 1. The van der Waals surface area contributed by atoms with Gasteiger partial charge in [0.15, 0.2) is 0 Å². The molecule has 5 nitrogen and oxygen atoms in total. The summed E-state index contributed by atoms with van der Waals surface area (Å²) in [5.41, 5.74) is 4.30. The van der Waals surface area contributed by atoms with Crippen LogP contribution in [0.4, 0.5) is 5.69 Å². The van der Waals surface area contributed by atoms with E-state index in [1.165, 1.54) is 10.4 Å². The number of carbonyl (C=O) groups is 2. The van der Waals surface area contributed by atoms with Crippen LogP contribution in [0.5, 0.6) is 0 Å². The topological polar surface area (TPSA) is 52.7 Å². The number of nitrogens with one attached hydrogen (secondary N) is 1. The van der Waals surface area contributed by atoms with Gasteiger partial charge in [0, 0.05) is 36.7 Å². The lowest BCUT2D eigenvalue weighted by Crippen LogP contribution is -2.50. The second kappa shape index (κ2) is 8.88. The molecule has 0 bridgehead atoms. The lowest BCUT2D eigenvalue weighted by molar-refractivity contribution is -0.117. The number of aryl methyl sites for hydroxylation is 4. The molecule has 1 aliphatic heterocycles. The van der Waals surface area contributed by atoms with Crippen molar-refractivity contribution >= 4 is 28.8 Å². The van der Waals surface area contributed by atoms with Crippen LogP contribution in [-0.2, 0) is 11.2 Å². The maximum absolute atomic E-state index is 12.8. The highest BCUT2D eigenvalue weighted by Crippen LogP contribution is 2.24. The van der Waals surface area contributed by atoms with Gasteiger partial charge in [-0.3, -0.25) is 14.5 Å². The molecule has 1 saturated heterocycles. The zero-order valence-electron chi connectivity index (χ0n) is 17.2. The lowest BCUT2D eigenvalue weighted by Gasteiger charge is -2.34. The summed E-state index contributed by atoms with van der Waals surface area (Å²) in [7, 11) is 0. The molecule has 28 heavy (non-hydrogen) atoms. The second-order valence-corrected chi connectivity index (χ2v) is 8.69. The first kappa shape index (κ1) is 20.6. The molecule has 2 aromatic rings. The Kier molecular flexibility index (Phi) is 6.52. The van der Waals surface area contributed by atoms with Gasteiger partial charge in [-0.1, -0.05) is 25.1 Å². The third-order valence-electron chi connectivity index (χ3n) is 5.38. The zero-order chi connectivity index (χ0) is 20.3. The molecule has 0 atom stereocenters. The number of anilines is 1.